The highest BCUT2D eigenvalue weighted by Crippen LogP contribution is 2.25. The van der Waals surface area contributed by atoms with Gasteiger partial charge in [-0.3, -0.25) is 4.79 Å². The molecule has 1 aliphatic heterocycles. The summed E-state index contributed by atoms with van der Waals surface area (Å²) < 4.78 is 0. The van der Waals surface area contributed by atoms with Gasteiger partial charge in [-0.25, -0.2) is 4.79 Å². The number of nitrogens with one attached hydrogen (secondary N) is 1. The lowest BCUT2D eigenvalue weighted by atomic mass is 9.96. The molecule has 2 aliphatic rings. The molecule has 0 radical (unpaired) electrons. The van der Waals surface area contributed by atoms with E-state index in [1.54, 1.807) is 4.90 Å². The van der Waals surface area contributed by atoms with Crippen LogP contribution in [0.5, 0.6) is 0 Å². The summed E-state index contributed by atoms with van der Waals surface area (Å²) in [4.78, 5) is 25.4. The molecule has 0 aromatic heterocycles. The van der Waals surface area contributed by atoms with Crippen LogP contribution >= 0.6 is 0 Å². The average Bonchev–Trinajstić information content (AvgIpc) is 3.02. The molecule has 1 heterocycles. The number of carbonyl (C=O) groups is 2. The highest BCUT2D eigenvalue weighted by molar-refractivity contribution is 5.78. The Balaban J connectivity index is 1.56. The van der Waals surface area contributed by atoms with E-state index in [4.69, 9.17) is 5.73 Å². The third-order valence-electron chi connectivity index (χ3n) is 5.15. The highest BCUT2D eigenvalue weighted by atomic mass is 16.2. The van der Waals surface area contributed by atoms with Crippen molar-refractivity contribution in [3.63, 3.8) is 0 Å². The Bertz CT molecular complexity index is 606. The van der Waals surface area contributed by atoms with Gasteiger partial charge in [0.2, 0.25) is 5.91 Å². The van der Waals surface area contributed by atoms with Crippen LogP contribution in [0.3, 0.4) is 0 Å². The Morgan fingerprint density at radius 1 is 1.22 bits per heavy atom. The second-order valence-corrected chi connectivity index (χ2v) is 6.72. The number of primary amides is 1. The molecule has 5 nitrogen and oxygen atoms in total. The molecule has 1 fully saturated rings. The zero-order chi connectivity index (χ0) is 16.4. The lowest BCUT2D eigenvalue weighted by Crippen LogP contribution is -2.46. The van der Waals surface area contributed by atoms with Crippen molar-refractivity contribution in [2.45, 2.75) is 45.1 Å². The smallest absolute Gasteiger partial charge is 0.317 e. The van der Waals surface area contributed by atoms with Crippen LogP contribution in [0.15, 0.2) is 18.2 Å². The van der Waals surface area contributed by atoms with E-state index in [-0.39, 0.29) is 23.9 Å². The summed E-state index contributed by atoms with van der Waals surface area (Å²) in [6, 6.07) is 6.47. The molecule has 1 aliphatic carbocycles. The first kappa shape index (κ1) is 15.8. The predicted octanol–water partition coefficient (Wildman–Crippen LogP) is 2.14. The Hall–Kier alpha value is -2.04. The summed E-state index contributed by atoms with van der Waals surface area (Å²) in [6.45, 7) is 3.21. The Kier molecular flexibility index (Phi) is 4.55. The van der Waals surface area contributed by atoms with Gasteiger partial charge < -0.3 is 16.0 Å². The standard InChI is InChI=1S/C18H25N3O2/c1-12(15-6-5-13-3-2-4-16(13)11-15)20-18(23)21-9-7-14(8-10-21)17(19)22/h5-6,11-12,14H,2-4,7-10H2,1H3,(H2,19,22)(H,20,23)/t12-/m1/s1. The van der Waals surface area contributed by atoms with Gasteiger partial charge in [0.15, 0.2) is 0 Å². The van der Waals surface area contributed by atoms with Gasteiger partial charge in [-0.05, 0) is 55.7 Å². The molecular weight excluding hydrogens is 290 g/mol. The minimum atomic E-state index is -0.253. The number of benzene rings is 1. The molecule has 0 unspecified atom stereocenters. The molecule has 3 rings (SSSR count). The first-order chi connectivity index (χ1) is 11.0. The predicted molar refractivity (Wildman–Crippen MR) is 88.9 cm³/mol. The number of rotatable bonds is 3. The summed E-state index contributed by atoms with van der Waals surface area (Å²) in [5, 5.41) is 3.07. The van der Waals surface area contributed by atoms with Gasteiger partial charge >= 0.3 is 6.03 Å². The average molecular weight is 315 g/mol. The van der Waals surface area contributed by atoms with Gasteiger partial charge in [-0.1, -0.05) is 18.2 Å². The number of likely N-dealkylation sites (tertiary alicyclic amines) is 1. The normalized spacial score (nSPS) is 19.3. The number of hydrogen-bond acceptors (Lipinski definition) is 2. The number of nitrogens with two attached hydrogens (primary N) is 1. The molecule has 3 amide bonds. The second-order valence-electron chi connectivity index (χ2n) is 6.72. The highest BCUT2D eigenvalue weighted by Gasteiger charge is 2.26. The lowest BCUT2D eigenvalue weighted by molar-refractivity contribution is -0.123. The molecular formula is C18H25N3O2. The van der Waals surface area contributed by atoms with Crippen molar-refractivity contribution < 1.29 is 9.59 Å². The minimum Gasteiger partial charge on any atom is -0.369 e. The van der Waals surface area contributed by atoms with Crippen molar-refractivity contribution >= 4 is 11.9 Å². The maximum atomic E-state index is 12.4. The van der Waals surface area contributed by atoms with E-state index in [1.807, 2.05) is 6.92 Å². The van der Waals surface area contributed by atoms with Gasteiger partial charge in [0.1, 0.15) is 0 Å². The van der Waals surface area contributed by atoms with E-state index in [9.17, 15) is 9.59 Å². The van der Waals surface area contributed by atoms with E-state index in [0.29, 0.717) is 25.9 Å². The fourth-order valence-electron chi connectivity index (χ4n) is 3.59. The van der Waals surface area contributed by atoms with Crippen LogP contribution in [0.25, 0.3) is 0 Å². The van der Waals surface area contributed by atoms with Crippen molar-refractivity contribution in [1.29, 1.82) is 0 Å². The fraction of sp³-hybridized carbons (Fsp3) is 0.556. The van der Waals surface area contributed by atoms with Crippen LogP contribution in [-0.4, -0.2) is 29.9 Å². The van der Waals surface area contributed by atoms with Crippen LogP contribution in [0.1, 0.15) is 48.9 Å². The van der Waals surface area contributed by atoms with Crippen LogP contribution in [-0.2, 0) is 17.6 Å². The molecule has 0 spiro atoms. The van der Waals surface area contributed by atoms with Gasteiger partial charge in [-0.15, -0.1) is 0 Å². The van der Waals surface area contributed by atoms with Crippen molar-refractivity contribution in [1.82, 2.24) is 10.2 Å². The number of aryl methyl sites for hydroxylation is 2. The van der Waals surface area contributed by atoms with E-state index in [1.165, 1.54) is 24.0 Å². The molecule has 1 aromatic rings. The van der Waals surface area contributed by atoms with E-state index in [2.05, 4.69) is 23.5 Å². The van der Waals surface area contributed by atoms with E-state index >= 15 is 0 Å². The van der Waals surface area contributed by atoms with Crippen LogP contribution in [0, 0.1) is 5.92 Å². The number of fused-ring (bicyclic) bond motifs is 1. The first-order valence-corrected chi connectivity index (χ1v) is 8.51. The summed E-state index contributed by atoms with van der Waals surface area (Å²) >= 11 is 0. The van der Waals surface area contributed by atoms with Crippen molar-refractivity contribution in [3.8, 4) is 0 Å². The Labute approximate surface area is 137 Å². The number of urea groups is 1. The third-order valence-corrected chi connectivity index (χ3v) is 5.15. The third kappa shape index (κ3) is 3.49. The van der Waals surface area contributed by atoms with Crippen molar-refractivity contribution in [2.75, 3.05) is 13.1 Å². The number of hydrogen-bond donors (Lipinski definition) is 2. The van der Waals surface area contributed by atoms with Crippen molar-refractivity contribution in [3.05, 3.63) is 34.9 Å². The van der Waals surface area contributed by atoms with Crippen LogP contribution in [0.4, 0.5) is 4.79 Å². The zero-order valence-corrected chi connectivity index (χ0v) is 13.7. The first-order valence-electron chi connectivity index (χ1n) is 8.51. The SMILES string of the molecule is C[C@@H](NC(=O)N1CCC(C(N)=O)CC1)c1ccc2c(c1)CCC2. The number of carbonyl (C=O) groups excluding carboxylic acids is 2. The number of amides is 3. The second kappa shape index (κ2) is 6.60. The quantitative estimate of drug-likeness (QED) is 0.896. The minimum absolute atomic E-state index is 0.0118. The van der Waals surface area contributed by atoms with Gasteiger partial charge in [0.05, 0.1) is 6.04 Å². The maximum absolute atomic E-state index is 12.4. The van der Waals surface area contributed by atoms with Crippen LogP contribution in [0.2, 0.25) is 0 Å². The molecule has 1 aromatic carbocycles. The molecule has 0 bridgehead atoms. The van der Waals surface area contributed by atoms with Gasteiger partial charge in [0, 0.05) is 19.0 Å². The van der Waals surface area contributed by atoms with Gasteiger partial charge in [-0.2, -0.15) is 0 Å². The molecule has 0 saturated carbocycles. The number of piperidine rings is 1. The topological polar surface area (TPSA) is 75.4 Å². The van der Waals surface area contributed by atoms with E-state index < -0.39 is 0 Å². The van der Waals surface area contributed by atoms with Crippen molar-refractivity contribution in [2.24, 2.45) is 11.7 Å². The van der Waals surface area contributed by atoms with Gasteiger partial charge in [0.25, 0.3) is 0 Å². The van der Waals surface area contributed by atoms with Crippen LogP contribution < -0.4 is 11.1 Å². The summed E-state index contributed by atoms with van der Waals surface area (Å²) in [6.07, 6.45) is 4.87. The molecule has 23 heavy (non-hydrogen) atoms. The number of nitrogens with zero attached hydrogens (tertiary/aromatic N) is 1. The lowest BCUT2D eigenvalue weighted by Gasteiger charge is -2.31. The molecule has 1 saturated heterocycles. The maximum Gasteiger partial charge on any atom is 0.317 e. The fourth-order valence-corrected chi connectivity index (χ4v) is 3.59. The molecule has 1 atom stereocenters. The summed E-state index contributed by atoms with van der Waals surface area (Å²) in [5.74, 6) is -0.343. The Morgan fingerprint density at radius 2 is 1.91 bits per heavy atom. The molecule has 5 heteroatoms. The van der Waals surface area contributed by atoms with E-state index in [0.717, 1.165) is 12.0 Å². The summed E-state index contributed by atoms with van der Waals surface area (Å²) in [7, 11) is 0. The zero-order valence-electron chi connectivity index (χ0n) is 13.7. The monoisotopic (exact) mass is 315 g/mol. The molecule has 3 N–H and O–H groups in total. The summed E-state index contributed by atoms with van der Waals surface area (Å²) in [5.41, 5.74) is 9.36. The molecule has 124 valence electrons. The Morgan fingerprint density at radius 3 is 2.61 bits per heavy atom. The largest absolute Gasteiger partial charge is 0.369 e.